The maximum atomic E-state index is 12.9. The van der Waals surface area contributed by atoms with Crippen LogP contribution in [-0.4, -0.2) is 23.5 Å². The van der Waals surface area contributed by atoms with Crippen molar-refractivity contribution in [1.29, 1.82) is 0 Å². The molecule has 0 heterocycles. The van der Waals surface area contributed by atoms with Gasteiger partial charge in [0, 0.05) is 23.4 Å². The fourth-order valence-electron chi connectivity index (χ4n) is 4.95. The second-order valence-electron chi connectivity index (χ2n) is 8.40. The Bertz CT molecular complexity index is 825. The molecule has 1 unspecified atom stereocenters. The lowest BCUT2D eigenvalue weighted by Crippen LogP contribution is -2.40. The second kappa shape index (κ2) is 8.14. The molecular weight excluding hydrogens is 353 g/mol. The molecule has 4 rings (SSSR count). The summed E-state index contributed by atoms with van der Waals surface area (Å²) >= 11 is 0. The molecule has 3 nitrogen and oxygen atoms in total. The van der Waals surface area contributed by atoms with Crippen molar-refractivity contribution in [3.8, 4) is 0 Å². The van der Waals surface area contributed by atoms with Crippen LogP contribution in [0.25, 0.3) is 0 Å². The van der Waals surface area contributed by atoms with Gasteiger partial charge in [-0.2, -0.15) is 0 Å². The average Bonchev–Trinajstić information content (AvgIpc) is 2.99. The fourth-order valence-corrected chi connectivity index (χ4v) is 4.95. The number of rotatable bonds is 6. The third kappa shape index (κ3) is 3.89. The van der Waals surface area contributed by atoms with Gasteiger partial charge in [0.2, 0.25) is 0 Å². The van der Waals surface area contributed by atoms with Gasteiger partial charge in [-0.3, -0.25) is 4.79 Å². The molecule has 4 heteroatoms. The number of Topliss-reactive ketones (excluding diaryl/α,β-unsaturated/α-hetero) is 1. The maximum Gasteiger partial charge on any atom is 0.162 e. The summed E-state index contributed by atoms with van der Waals surface area (Å²) < 4.78 is 12.9. The van der Waals surface area contributed by atoms with Crippen LogP contribution in [0, 0.1) is 11.2 Å². The number of carbonyl (C=O) groups excluding carboxylic acids is 1. The van der Waals surface area contributed by atoms with Crippen molar-refractivity contribution < 1.29 is 14.3 Å². The molecule has 2 N–H and O–H groups in total. The molecule has 1 fully saturated rings. The molecule has 2 aromatic rings. The zero-order valence-electron chi connectivity index (χ0n) is 16.2. The van der Waals surface area contributed by atoms with Crippen molar-refractivity contribution >= 4 is 5.78 Å². The van der Waals surface area contributed by atoms with Crippen LogP contribution in [0.2, 0.25) is 0 Å². The van der Waals surface area contributed by atoms with Gasteiger partial charge in [0.1, 0.15) is 5.82 Å². The third-order valence-corrected chi connectivity index (χ3v) is 6.63. The Labute approximate surface area is 166 Å². The lowest BCUT2D eigenvalue weighted by Gasteiger charge is -2.40. The Morgan fingerprint density at radius 2 is 1.82 bits per heavy atom. The van der Waals surface area contributed by atoms with Crippen molar-refractivity contribution in [3.63, 3.8) is 0 Å². The highest BCUT2D eigenvalue weighted by Gasteiger charge is 2.46. The summed E-state index contributed by atoms with van der Waals surface area (Å²) in [6.07, 6.45) is 6.12. The molecule has 0 aromatic heterocycles. The normalized spacial score (nSPS) is 26.4. The van der Waals surface area contributed by atoms with Gasteiger partial charge in [0.15, 0.2) is 5.78 Å². The molecule has 0 bridgehead atoms. The summed E-state index contributed by atoms with van der Waals surface area (Å²) in [5.41, 5.74) is 3.02. The highest BCUT2D eigenvalue weighted by Crippen LogP contribution is 2.53. The van der Waals surface area contributed by atoms with Crippen LogP contribution in [-0.2, 0) is 6.42 Å². The van der Waals surface area contributed by atoms with Crippen molar-refractivity contribution in [3.05, 3.63) is 71.0 Å². The Balaban J connectivity index is 1.20. The molecule has 0 saturated heterocycles. The van der Waals surface area contributed by atoms with Crippen LogP contribution in [0.3, 0.4) is 0 Å². The van der Waals surface area contributed by atoms with E-state index in [1.165, 1.54) is 17.7 Å². The SMILES string of the molecule is O=C(CCCNC1CCC2(CC1)Cc1ccccc1C2O)c1ccc(F)cc1. The molecule has 1 spiro atoms. The number of nitrogens with one attached hydrogen (secondary N) is 1. The van der Waals surface area contributed by atoms with Crippen LogP contribution >= 0.6 is 0 Å². The number of fused-ring (bicyclic) bond motifs is 1. The number of aliphatic hydroxyl groups is 1. The third-order valence-electron chi connectivity index (χ3n) is 6.63. The predicted molar refractivity (Wildman–Crippen MR) is 108 cm³/mol. The first-order valence-electron chi connectivity index (χ1n) is 10.4. The van der Waals surface area contributed by atoms with E-state index in [0.29, 0.717) is 18.0 Å². The Kier molecular flexibility index (Phi) is 5.61. The van der Waals surface area contributed by atoms with Crippen molar-refractivity contribution in [1.82, 2.24) is 5.32 Å². The van der Waals surface area contributed by atoms with Crippen molar-refractivity contribution in [2.24, 2.45) is 5.41 Å². The zero-order valence-corrected chi connectivity index (χ0v) is 16.2. The summed E-state index contributed by atoms with van der Waals surface area (Å²) in [6.45, 7) is 0.813. The van der Waals surface area contributed by atoms with Crippen molar-refractivity contribution in [2.75, 3.05) is 6.54 Å². The molecule has 2 aliphatic rings. The molecule has 0 radical (unpaired) electrons. The van der Waals surface area contributed by atoms with E-state index in [-0.39, 0.29) is 23.1 Å². The van der Waals surface area contributed by atoms with Crippen LogP contribution in [0.15, 0.2) is 48.5 Å². The lowest BCUT2D eigenvalue weighted by atomic mass is 9.69. The number of ketones is 1. The molecule has 148 valence electrons. The Morgan fingerprint density at radius 3 is 2.54 bits per heavy atom. The van der Waals surface area contributed by atoms with E-state index in [9.17, 15) is 14.3 Å². The summed E-state index contributed by atoms with van der Waals surface area (Å²) in [5, 5.41) is 14.4. The van der Waals surface area contributed by atoms with Gasteiger partial charge in [0.05, 0.1) is 6.10 Å². The average molecular weight is 381 g/mol. The molecule has 0 amide bonds. The second-order valence-corrected chi connectivity index (χ2v) is 8.40. The van der Waals surface area contributed by atoms with Gasteiger partial charge in [-0.05, 0) is 80.5 Å². The summed E-state index contributed by atoms with van der Waals surface area (Å²) in [7, 11) is 0. The van der Waals surface area contributed by atoms with E-state index in [1.807, 2.05) is 6.07 Å². The Morgan fingerprint density at radius 1 is 1.11 bits per heavy atom. The number of aliphatic hydroxyl groups excluding tert-OH is 1. The summed E-state index contributed by atoms with van der Waals surface area (Å²) in [6, 6.07) is 14.5. The van der Waals surface area contributed by atoms with Gasteiger partial charge in [-0.1, -0.05) is 24.3 Å². The first-order chi connectivity index (χ1) is 13.6. The Hall–Kier alpha value is -2.04. The lowest BCUT2D eigenvalue weighted by molar-refractivity contribution is 0.00344. The van der Waals surface area contributed by atoms with E-state index in [2.05, 4.69) is 23.5 Å². The smallest absolute Gasteiger partial charge is 0.162 e. The zero-order chi connectivity index (χ0) is 19.6. The number of halogens is 1. The van der Waals surface area contributed by atoms with Crippen LogP contribution in [0.4, 0.5) is 4.39 Å². The molecule has 28 heavy (non-hydrogen) atoms. The first-order valence-corrected chi connectivity index (χ1v) is 10.4. The minimum Gasteiger partial charge on any atom is -0.388 e. The minimum atomic E-state index is -0.335. The van der Waals surface area contributed by atoms with Crippen LogP contribution in [0.5, 0.6) is 0 Å². The van der Waals surface area contributed by atoms with E-state index in [1.54, 1.807) is 12.1 Å². The van der Waals surface area contributed by atoms with Crippen molar-refractivity contribution in [2.45, 2.75) is 57.1 Å². The summed E-state index contributed by atoms with van der Waals surface area (Å²) in [4.78, 5) is 12.1. The number of carbonyl (C=O) groups is 1. The largest absolute Gasteiger partial charge is 0.388 e. The molecular formula is C24H28FNO2. The molecule has 1 atom stereocenters. The van der Waals surface area contributed by atoms with Gasteiger partial charge < -0.3 is 10.4 Å². The molecule has 0 aliphatic heterocycles. The van der Waals surface area contributed by atoms with E-state index in [0.717, 1.165) is 50.6 Å². The topological polar surface area (TPSA) is 49.3 Å². The van der Waals surface area contributed by atoms with E-state index in [4.69, 9.17) is 0 Å². The molecule has 2 aliphatic carbocycles. The summed E-state index contributed by atoms with van der Waals surface area (Å²) in [5.74, 6) is -0.250. The first kappa shape index (κ1) is 19.3. The minimum absolute atomic E-state index is 0.0143. The monoisotopic (exact) mass is 381 g/mol. The predicted octanol–water partition coefficient (Wildman–Crippen LogP) is 4.60. The quantitative estimate of drug-likeness (QED) is 0.568. The van der Waals surface area contributed by atoms with Gasteiger partial charge in [-0.15, -0.1) is 0 Å². The highest BCUT2D eigenvalue weighted by atomic mass is 19.1. The molecule has 1 saturated carbocycles. The van der Waals surface area contributed by atoms with Gasteiger partial charge >= 0.3 is 0 Å². The standard InChI is InChI=1S/C24H28FNO2/c25-19-9-7-17(8-10-19)22(27)6-3-15-26-20-11-13-24(14-12-20)16-18-4-1-2-5-21(18)23(24)28/h1-2,4-5,7-10,20,23,26,28H,3,6,11-16H2. The van der Waals surface area contributed by atoms with Crippen LogP contribution < -0.4 is 5.32 Å². The number of hydrogen-bond acceptors (Lipinski definition) is 3. The van der Waals surface area contributed by atoms with E-state index < -0.39 is 0 Å². The van der Waals surface area contributed by atoms with E-state index >= 15 is 0 Å². The number of benzene rings is 2. The van der Waals surface area contributed by atoms with Gasteiger partial charge in [-0.25, -0.2) is 4.39 Å². The fraction of sp³-hybridized carbons (Fsp3) is 0.458. The van der Waals surface area contributed by atoms with Gasteiger partial charge in [0.25, 0.3) is 0 Å². The molecule has 2 aromatic carbocycles. The maximum absolute atomic E-state index is 12.9. The number of hydrogen-bond donors (Lipinski definition) is 2. The highest BCUT2D eigenvalue weighted by molar-refractivity contribution is 5.95. The van der Waals surface area contributed by atoms with Crippen LogP contribution in [0.1, 0.15) is 66.1 Å².